The molecule has 0 unspecified atom stereocenters. The molecule has 1 saturated carbocycles. The molecule has 1 aliphatic carbocycles. The fourth-order valence-corrected chi connectivity index (χ4v) is 4.06. The molecular weight excluding hydrogens is 392 g/mol. The largest absolute Gasteiger partial charge is 0.360 e. The van der Waals surface area contributed by atoms with Crippen LogP contribution in [0.3, 0.4) is 0 Å². The van der Waals surface area contributed by atoms with Crippen molar-refractivity contribution in [3.05, 3.63) is 28.7 Å². The summed E-state index contributed by atoms with van der Waals surface area (Å²) in [5.74, 6) is 0. The average molecular weight is 411 g/mol. The highest BCUT2D eigenvalue weighted by molar-refractivity contribution is 9.10. The van der Waals surface area contributed by atoms with Crippen LogP contribution in [0, 0.1) is 0 Å². The van der Waals surface area contributed by atoms with Crippen LogP contribution >= 0.6 is 39.5 Å². The van der Waals surface area contributed by atoms with Crippen LogP contribution in [0.5, 0.6) is 0 Å². The van der Waals surface area contributed by atoms with Crippen molar-refractivity contribution in [3.63, 3.8) is 0 Å². The molecule has 4 nitrogen and oxygen atoms in total. The van der Waals surface area contributed by atoms with Crippen molar-refractivity contribution in [2.75, 3.05) is 11.9 Å². The molecule has 122 valence electrons. The van der Waals surface area contributed by atoms with Gasteiger partial charge in [-0.25, -0.2) is 0 Å². The molecule has 3 rings (SSSR count). The van der Waals surface area contributed by atoms with Crippen LogP contribution in [-0.4, -0.2) is 28.4 Å². The smallest absolute Gasteiger partial charge is 0.214 e. The Morgan fingerprint density at radius 3 is 2.61 bits per heavy atom. The first-order valence-corrected chi connectivity index (χ1v) is 9.79. The zero-order valence-corrected chi connectivity index (χ0v) is 16.2. The van der Waals surface area contributed by atoms with Crippen molar-refractivity contribution in [2.24, 2.45) is 0 Å². The summed E-state index contributed by atoms with van der Waals surface area (Å²) in [7, 11) is 1.95. The third-order valence-electron chi connectivity index (χ3n) is 4.03. The number of benzene rings is 1. The quantitative estimate of drug-likeness (QED) is 0.747. The van der Waals surface area contributed by atoms with E-state index in [1.165, 1.54) is 32.1 Å². The van der Waals surface area contributed by atoms with Crippen LogP contribution in [0.15, 0.2) is 28.7 Å². The molecule has 1 heterocycles. The molecular formula is C16H19BrN4S2. The molecule has 0 radical (unpaired) electrons. The Morgan fingerprint density at radius 2 is 1.91 bits per heavy atom. The number of aromatic nitrogens is 2. The Bertz CT molecular complexity index is 665. The third-order valence-corrected chi connectivity index (χ3v) is 6.00. The van der Waals surface area contributed by atoms with E-state index < -0.39 is 0 Å². The summed E-state index contributed by atoms with van der Waals surface area (Å²) in [6, 6.07) is 8.59. The number of nitrogens with one attached hydrogen (secondary N) is 1. The van der Waals surface area contributed by atoms with E-state index in [1.54, 1.807) is 11.3 Å². The van der Waals surface area contributed by atoms with Crippen LogP contribution in [0.4, 0.5) is 5.13 Å². The molecule has 1 aliphatic rings. The van der Waals surface area contributed by atoms with Gasteiger partial charge in [-0.05, 0) is 37.2 Å². The summed E-state index contributed by atoms with van der Waals surface area (Å²) < 4.78 is 1.06. The van der Waals surface area contributed by atoms with Crippen molar-refractivity contribution in [1.29, 1.82) is 0 Å². The van der Waals surface area contributed by atoms with Gasteiger partial charge in [-0.1, -0.05) is 58.7 Å². The van der Waals surface area contributed by atoms with Crippen molar-refractivity contribution in [2.45, 2.75) is 38.1 Å². The first-order chi connectivity index (χ1) is 11.1. The lowest BCUT2D eigenvalue weighted by atomic mass is 9.96. The van der Waals surface area contributed by atoms with Gasteiger partial charge in [-0.2, -0.15) is 0 Å². The third kappa shape index (κ3) is 4.28. The van der Waals surface area contributed by atoms with E-state index in [2.05, 4.69) is 31.4 Å². The minimum atomic E-state index is 0.498. The van der Waals surface area contributed by atoms with Crippen molar-refractivity contribution >= 4 is 49.7 Å². The SMILES string of the molecule is CN(C(=S)NC1CCCCC1)c1nnc(-c2ccc(Br)cc2)s1. The number of thiocarbonyl (C=S) groups is 1. The Labute approximate surface area is 154 Å². The van der Waals surface area contributed by atoms with Crippen molar-refractivity contribution in [1.82, 2.24) is 15.5 Å². The zero-order valence-electron chi connectivity index (χ0n) is 13.0. The lowest BCUT2D eigenvalue weighted by Gasteiger charge is -2.27. The van der Waals surface area contributed by atoms with Gasteiger partial charge in [0.05, 0.1) is 0 Å². The minimum Gasteiger partial charge on any atom is -0.360 e. The van der Waals surface area contributed by atoms with Gasteiger partial charge in [0, 0.05) is 23.1 Å². The predicted octanol–water partition coefficient (Wildman–Crippen LogP) is 4.61. The van der Waals surface area contributed by atoms with Gasteiger partial charge in [0.15, 0.2) is 5.11 Å². The molecule has 7 heteroatoms. The lowest BCUT2D eigenvalue weighted by Crippen LogP contribution is -2.43. The van der Waals surface area contributed by atoms with Crippen LogP contribution in [0.1, 0.15) is 32.1 Å². The molecule has 0 spiro atoms. The number of hydrogen-bond donors (Lipinski definition) is 1. The molecule has 23 heavy (non-hydrogen) atoms. The first-order valence-electron chi connectivity index (χ1n) is 7.77. The maximum atomic E-state index is 5.53. The molecule has 0 atom stereocenters. The summed E-state index contributed by atoms with van der Waals surface area (Å²) in [5.41, 5.74) is 1.07. The second-order valence-electron chi connectivity index (χ2n) is 5.74. The van der Waals surface area contributed by atoms with E-state index in [4.69, 9.17) is 12.2 Å². The van der Waals surface area contributed by atoms with Gasteiger partial charge in [0.25, 0.3) is 0 Å². The standard InChI is InChI=1S/C16H19BrN4S2/c1-21(15(22)18-13-5-3-2-4-6-13)16-20-19-14(23-16)11-7-9-12(17)10-8-11/h7-10,13H,2-6H2,1H3,(H,18,22). The van der Waals surface area contributed by atoms with E-state index in [1.807, 2.05) is 36.2 Å². The number of anilines is 1. The minimum absolute atomic E-state index is 0.498. The van der Waals surface area contributed by atoms with Crippen LogP contribution in [0.25, 0.3) is 10.6 Å². The Balaban J connectivity index is 1.66. The molecule has 1 N–H and O–H groups in total. The van der Waals surface area contributed by atoms with Gasteiger partial charge in [0.1, 0.15) is 5.01 Å². The Kier molecular flexibility index (Phi) is 5.61. The monoisotopic (exact) mass is 410 g/mol. The summed E-state index contributed by atoms with van der Waals surface area (Å²) in [4.78, 5) is 1.92. The number of hydrogen-bond acceptors (Lipinski definition) is 4. The highest BCUT2D eigenvalue weighted by Gasteiger charge is 2.18. The van der Waals surface area contributed by atoms with E-state index in [0.717, 1.165) is 25.3 Å². The summed E-state index contributed by atoms with van der Waals surface area (Å²) in [6.07, 6.45) is 6.32. The topological polar surface area (TPSA) is 41.0 Å². The second kappa shape index (κ2) is 7.68. The van der Waals surface area contributed by atoms with Crippen LogP contribution in [-0.2, 0) is 0 Å². The highest BCUT2D eigenvalue weighted by atomic mass is 79.9. The van der Waals surface area contributed by atoms with Gasteiger partial charge in [-0.15, -0.1) is 10.2 Å². The predicted molar refractivity (Wildman–Crippen MR) is 104 cm³/mol. The number of nitrogens with zero attached hydrogens (tertiary/aromatic N) is 3. The molecule has 1 aromatic heterocycles. The zero-order chi connectivity index (χ0) is 16.2. The lowest BCUT2D eigenvalue weighted by molar-refractivity contribution is 0.414. The van der Waals surface area contributed by atoms with E-state index in [9.17, 15) is 0 Å². The highest BCUT2D eigenvalue weighted by Crippen LogP contribution is 2.29. The normalized spacial score (nSPS) is 15.4. The molecule has 2 aromatic rings. The van der Waals surface area contributed by atoms with E-state index in [-0.39, 0.29) is 0 Å². The van der Waals surface area contributed by atoms with Crippen LogP contribution in [0.2, 0.25) is 0 Å². The van der Waals surface area contributed by atoms with Gasteiger partial charge < -0.3 is 5.32 Å². The Hall–Kier alpha value is -1.05. The summed E-state index contributed by atoms with van der Waals surface area (Å²) >= 11 is 10.5. The molecule has 0 aliphatic heterocycles. The number of rotatable bonds is 3. The average Bonchev–Trinajstić information content (AvgIpc) is 3.05. The summed E-state index contributed by atoms with van der Waals surface area (Å²) in [5, 5.41) is 14.5. The molecule has 0 amide bonds. The Morgan fingerprint density at radius 1 is 1.22 bits per heavy atom. The maximum Gasteiger partial charge on any atom is 0.214 e. The van der Waals surface area contributed by atoms with Gasteiger partial charge in [-0.3, -0.25) is 4.90 Å². The number of halogens is 1. The van der Waals surface area contributed by atoms with Crippen molar-refractivity contribution in [3.8, 4) is 10.6 Å². The molecule has 1 aromatic carbocycles. The molecule has 0 bridgehead atoms. The molecule has 0 saturated heterocycles. The fourth-order valence-electron chi connectivity index (χ4n) is 2.67. The maximum absolute atomic E-state index is 5.53. The second-order valence-corrected chi connectivity index (χ2v) is 8.00. The first kappa shape index (κ1) is 16.8. The van der Waals surface area contributed by atoms with E-state index in [0.29, 0.717) is 6.04 Å². The van der Waals surface area contributed by atoms with E-state index >= 15 is 0 Å². The van der Waals surface area contributed by atoms with Gasteiger partial charge in [0.2, 0.25) is 5.13 Å². The summed E-state index contributed by atoms with van der Waals surface area (Å²) in [6.45, 7) is 0. The fraction of sp³-hybridized carbons (Fsp3) is 0.438. The van der Waals surface area contributed by atoms with Crippen molar-refractivity contribution < 1.29 is 0 Å². The van der Waals surface area contributed by atoms with Crippen LogP contribution < -0.4 is 10.2 Å². The molecule has 1 fully saturated rings. The van der Waals surface area contributed by atoms with Gasteiger partial charge >= 0.3 is 0 Å².